The zero-order valence-electron chi connectivity index (χ0n) is 14.4. The van der Waals surface area contributed by atoms with Gasteiger partial charge in [-0.05, 0) is 32.1 Å². The number of esters is 2. The quantitative estimate of drug-likeness (QED) is 0.587. The highest BCUT2D eigenvalue weighted by Gasteiger charge is 2.69. The lowest BCUT2D eigenvalue weighted by Gasteiger charge is -2.66. The van der Waals surface area contributed by atoms with E-state index in [0.717, 1.165) is 25.3 Å². The molecule has 6 heteroatoms. The smallest absolute Gasteiger partial charge is 0.344 e. The summed E-state index contributed by atoms with van der Waals surface area (Å²) >= 11 is 0. The molecule has 24 heavy (non-hydrogen) atoms. The Balaban J connectivity index is 1.79. The van der Waals surface area contributed by atoms with E-state index in [1.807, 2.05) is 13.8 Å². The first-order valence-corrected chi connectivity index (χ1v) is 8.64. The molecule has 0 aromatic heterocycles. The van der Waals surface area contributed by atoms with E-state index in [2.05, 4.69) is 6.58 Å². The highest BCUT2D eigenvalue weighted by atomic mass is 16.6. The molecule has 0 spiro atoms. The zero-order chi connectivity index (χ0) is 17.6. The van der Waals surface area contributed by atoms with Crippen molar-refractivity contribution >= 4 is 11.9 Å². The molecule has 134 valence electrons. The summed E-state index contributed by atoms with van der Waals surface area (Å²) in [6.45, 7) is 7.41. The van der Waals surface area contributed by atoms with Crippen LogP contribution < -0.4 is 0 Å². The number of hydrogen-bond acceptors (Lipinski definition) is 6. The molecule has 0 aromatic rings. The molecule has 0 saturated heterocycles. The van der Waals surface area contributed by atoms with Gasteiger partial charge < -0.3 is 19.3 Å². The number of rotatable bonds is 6. The van der Waals surface area contributed by atoms with Gasteiger partial charge in [-0.2, -0.15) is 0 Å². The van der Waals surface area contributed by atoms with Gasteiger partial charge in [-0.25, -0.2) is 9.59 Å². The maximum Gasteiger partial charge on any atom is 0.344 e. The first-order chi connectivity index (χ1) is 11.3. The summed E-state index contributed by atoms with van der Waals surface area (Å²) in [6, 6.07) is 0. The van der Waals surface area contributed by atoms with Gasteiger partial charge in [-0.1, -0.05) is 13.5 Å². The summed E-state index contributed by atoms with van der Waals surface area (Å²) in [6.07, 6.45) is 4.39. The third-order valence-electron chi connectivity index (χ3n) is 6.02. The van der Waals surface area contributed by atoms with Crippen LogP contribution in [0, 0.1) is 11.8 Å². The predicted octanol–water partition coefficient (Wildman–Crippen LogP) is 1.75. The van der Waals surface area contributed by atoms with Gasteiger partial charge in [-0.3, -0.25) is 0 Å². The highest BCUT2D eigenvalue weighted by Crippen LogP contribution is 2.64. The van der Waals surface area contributed by atoms with Gasteiger partial charge in [0.25, 0.3) is 0 Å². The molecule has 0 aliphatic heterocycles. The molecular weight excluding hydrogens is 312 g/mol. The fourth-order valence-electron chi connectivity index (χ4n) is 5.47. The molecule has 0 aromatic carbocycles. The fourth-order valence-corrected chi connectivity index (χ4v) is 5.47. The van der Waals surface area contributed by atoms with Gasteiger partial charge in [0.15, 0.2) is 6.61 Å². The monoisotopic (exact) mass is 338 g/mol. The molecule has 5 atom stereocenters. The van der Waals surface area contributed by atoms with E-state index in [-0.39, 0.29) is 11.8 Å². The van der Waals surface area contributed by atoms with Crippen LogP contribution in [0.5, 0.6) is 0 Å². The SMILES string of the molecule is C=CC(=O)OCC(=O)OC12CC3CC(O)(CC(OCC)(C3)C1C)C2. The Bertz CT molecular complexity index is 560. The molecule has 5 unspecified atom stereocenters. The van der Waals surface area contributed by atoms with Crippen molar-refractivity contribution in [2.75, 3.05) is 13.2 Å². The van der Waals surface area contributed by atoms with Crippen molar-refractivity contribution in [1.82, 2.24) is 0 Å². The topological polar surface area (TPSA) is 82.1 Å². The number of ether oxygens (including phenoxy) is 3. The molecule has 4 saturated carbocycles. The number of hydrogen-bond donors (Lipinski definition) is 1. The average molecular weight is 338 g/mol. The van der Waals surface area contributed by atoms with Crippen LogP contribution >= 0.6 is 0 Å². The summed E-state index contributed by atoms with van der Waals surface area (Å²) in [5.41, 5.74) is -2.04. The van der Waals surface area contributed by atoms with Gasteiger partial charge >= 0.3 is 11.9 Å². The summed E-state index contributed by atoms with van der Waals surface area (Å²) in [5, 5.41) is 11.0. The van der Waals surface area contributed by atoms with E-state index in [4.69, 9.17) is 14.2 Å². The van der Waals surface area contributed by atoms with Crippen LogP contribution in [0.15, 0.2) is 12.7 Å². The Morgan fingerprint density at radius 3 is 2.54 bits per heavy atom. The van der Waals surface area contributed by atoms with Gasteiger partial charge in [0.2, 0.25) is 0 Å². The van der Waals surface area contributed by atoms with Crippen LogP contribution in [0.4, 0.5) is 0 Å². The summed E-state index contributed by atoms with van der Waals surface area (Å²) in [5.74, 6) is -0.978. The lowest BCUT2D eigenvalue weighted by molar-refractivity contribution is -0.301. The van der Waals surface area contributed by atoms with Crippen molar-refractivity contribution < 1.29 is 28.9 Å². The van der Waals surface area contributed by atoms with Crippen molar-refractivity contribution in [2.24, 2.45) is 11.8 Å². The standard InChI is InChI=1S/C18H26O6/c1-4-14(19)22-9-15(20)24-18-8-13-6-16(21,11-18)10-17(7-13,12(18)3)23-5-2/h4,12-13,21H,1,5-11H2,2-3H3. The third kappa shape index (κ3) is 2.75. The van der Waals surface area contributed by atoms with Crippen LogP contribution in [0.3, 0.4) is 0 Å². The van der Waals surface area contributed by atoms with Crippen LogP contribution in [-0.4, -0.2) is 47.1 Å². The Labute approximate surface area is 142 Å². The van der Waals surface area contributed by atoms with Gasteiger partial charge in [0, 0.05) is 31.4 Å². The number of carbonyl (C=O) groups is 2. The molecule has 1 N–H and O–H groups in total. The third-order valence-corrected chi connectivity index (χ3v) is 6.02. The van der Waals surface area contributed by atoms with E-state index in [9.17, 15) is 14.7 Å². The zero-order valence-corrected chi connectivity index (χ0v) is 14.4. The Hall–Kier alpha value is -1.40. The minimum atomic E-state index is -0.846. The number of carbonyl (C=O) groups excluding carboxylic acids is 2. The van der Waals surface area contributed by atoms with Gasteiger partial charge in [0.1, 0.15) is 5.60 Å². The van der Waals surface area contributed by atoms with Crippen LogP contribution in [0.1, 0.15) is 46.0 Å². The van der Waals surface area contributed by atoms with E-state index in [1.54, 1.807) is 0 Å². The summed E-state index contributed by atoms with van der Waals surface area (Å²) in [7, 11) is 0. The Morgan fingerprint density at radius 2 is 1.92 bits per heavy atom. The van der Waals surface area contributed by atoms with E-state index < -0.39 is 35.3 Å². The summed E-state index contributed by atoms with van der Waals surface area (Å²) < 4.78 is 16.7. The summed E-state index contributed by atoms with van der Waals surface area (Å²) in [4.78, 5) is 23.3. The molecule has 4 aliphatic rings. The first-order valence-electron chi connectivity index (χ1n) is 8.64. The fraction of sp³-hybridized carbons (Fsp3) is 0.778. The molecule has 4 rings (SSSR count). The Morgan fingerprint density at radius 1 is 1.25 bits per heavy atom. The molecule has 4 fully saturated rings. The average Bonchev–Trinajstić information content (AvgIpc) is 2.48. The van der Waals surface area contributed by atoms with Crippen molar-refractivity contribution in [3.8, 4) is 0 Å². The van der Waals surface area contributed by atoms with E-state index in [0.29, 0.717) is 19.4 Å². The second kappa shape index (κ2) is 5.85. The molecule has 0 radical (unpaired) electrons. The molecular formula is C18H26O6. The minimum absolute atomic E-state index is 0.0131. The molecule has 0 heterocycles. The molecule has 4 bridgehead atoms. The van der Waals surface area contributed by atoms with E-state index >= 15 is 0 Å². The maximum atomic E-state index is 12.2. The van der Waals surface area contributed by atoms with Crippen molar-refractivity contribution in [3.63, 3.8) is 0 Å². The van der Waals surface area contributed by atoms with Crippen LogP contribution in [0.2, 0.25) is 0 Å². The predicted molar refractivity (Wildman–Crippen MR) is 85.0 cm³/mol. The largest absolute Gasteiger partial charge is 0.456 e. The van der Waals surface area contributed by atoms with E-state index in [1.165, 1.54) is 0 Å². The lowest BCUT2D eigenvalue weighted by atomic mass is 9.46. The van der Waals surface area contributed by atoms with Crippen molar-refractivity contribution in [3.05, 3.63) is 12.7 Å². The Kier molecular flexibility index (Phi) is 4.24. The lowest BCUT2D eigenvalue weighted by Crippen LogP contribution is -2.72. The van der Waals surface area contributed by atoms with Crippen LogP contribution in [-0.2, 0) is 23.8 Å². The minimum Gasteiger partial charge on any atom is -0.456 e. The van der Waals surface area contributed by atoms with Gasteiger partial charge in [0.05, 0.1) is 11.2 Å². The van der Waals surface area contributed by atoms with Crippen molar-refractivity contribution in [2.45, 2.75) is 62.8 Å². The maximum absolute atomic E-state index is 12.2. The highest BCUT2D eigenvalue weighted by molar-refractivity contribution is 5.83. The normalized spacial score (nSPS) is 42.6. The van der Waals surface area contributed by atoms with Crippen LogP contribution in [0.25, 0.3) is 0 Å². The first kappa shape index (κ1) is 17.4. The molecule has 4 aliphatic carbocycles. The molecule has 6 nitrogen and oxygen atoms in total. The molecule has 0 amide bonds. The van der Waals surface area contributed by atoms with Gasteiger partial charge in [-0.15, -0.1) is 0 Å². The number of aliphatic hydroxyl groups is 1. The van der Waals surface area contributed by atoms with Crippen molar-refractivity contribution in [1.29, 1.82) is 0 Å². The second-order valence-corrected chi connectivity index (χ2v) is 7.63. The second-order valence-electron chi connectivity index (χ2n) is 7.63.